The molecule has 0 radical (unpaired) electrons. The Balaban J connectivity index is 2.34. The summed E-state index contributed by atoms with van der Waals surface area (Å²) < 4.78 is 11.1. The number of amides is 1. The second kappa shape index (κ2) is 50.9. The van der Waals surface area contributed by atoms with Crippen molar-refractivity contribution in [3.63, 3.8) is 0 Å². The van der Waals surface area contributed by atoms with Gasteiger partial charge in [0.2, 0.25) is 5.91 Å². The number of aliphatic hydroxyl groups excluding tert-OH is 7. The smallest absolute Gasteiger partial charge is 0.249 e. The van der Waals surface area contributed by atoms with Gasteiger partial charge < -0.3 is 50.5 Å². The molecule has 0 aromatic heterocycles. The van der Waals surface area contributed by atoms with Crippen LogP contribution in [-0.4, -0.2) is 110 Å². The van der Waals surface area contributed by atoms with Gasteiger partial charge >= 0.3 is 0 Å². The lowest BCUT2D eigenvalue weighted by atomic mass is 9.98. The number of rotatable bonds is 52. The van der Waals surface area contributed by atoms with E-state index in [1.807, 2.05) is 0 Å². The summed E-state index contributed by atoms with van der Waals surface area (Å²) in [4.78, 5) is 13.2. The lowest BCUT2D eigenvalue weighted by Gasteiger charge is -2.40. The Morgan fingerprint density at radius 2 is 0.822 bits per heavy atom. The SMILES string of the molecule is CCCCCCCCCCCC/C=C/CC/C=C/CC/C=C/CCCC(O)C(O)C(COC1OC(CO)C(O)C(O)C1O)NC(=O)C(O)CCCCCCCCC/C=C\CCCCCCCCCCCCCC. The summed E-state index contributed by atoms with van der Waals surface area (Å²) in [6.45, 7) is 3.46. The van der Waals surface area contributed by atoms with Crippen LogP contribution >= 0.6 is 0 Å². The number of nitrogens with one attached hydrogen (secondary N) is 1. The van der Waals surface area contributed by atoms with Crippen molar-refractivity contribution in [2.75, 3.05) is 13.2 Å². The minimum atomic E-state index is -1.68. The van der Waals surface area contributed by atoms with Gasteiger partial charge in [0.15, 0.2) is 6.29 Å². The first-order chi connectivity index (χ1) is 35.7. The van der Waals surface area contributed by atoms with Crippen molar-refractivity contribution in [3.8, 4) is 0 Å². The molecule has 1 aliphatic rings. The molecule has 0 aromatic carbocycles. The van der Waals surface area contributed by atoms with Crippen molar-refractivity contribution in [1.29, 1.82) is 0 Å². The van der Waals surface area contributed by atoms with Crippen LogP contribution in [0.1, 0.15) is 271 Å². The number of ether oxygens (including phenoxy) is 2. The Bertz CT molecular complexity index is 1320. The fourth-order valence-corrected chi connectivity index (χ4v) is 9.59. The maximum atomic E-state index is 13.2. The van der Waals surface area contributed by atoms with Crippen molar-refractivity contribution in [2.24, 2.45) is 0 Å². The molecule has 1 heterocycles. The maximum Gasteiger partial charge on any atom is 0.249 e. The van der Waals surface area contributed by atoms with E-state index in [2.05, 4.69) is 67.8 Å². The number of carbonyl (C=O) groups excluding carboxylic acids is 1. The molecule has 1 rings (SSSR count). The van der Waals surface area contributed by atoms with Crippen LogP contribution in [0, 0.1) is 0 Å². The summed E-state index contributed by atoms with van der Waals surface area (Å²) in [5.41, 5.74) is 0. The van der Waals surface area contributed by atoms with E-state index in [9.17, 15) is 40.5 Å². The highest BCUT2D eigenvalue weighted by Gasteiger charge is 2.44. The van der Waals surface area contributed by atoms with E-state index < -0.39 is 74.2 Å². The van der Waals surface area contributed by atoms with Crippen LogP contribution in [0.2, 0.25) is 0 Å². The molecular formula is C62H115NO10. The fourth-order valence-electron chi connectivity index (χ4n) is 9.59. The molecule has 11 heteroatoms. The molecule has 0 aliphatic carbocycles. The largest absolute Gasteiger partial charge is 0.394 e. The Labute approximate surface area is 447 Å². The van der Waals surface area contributed by atoms with Gasteiger partial charge in [-0.05, 0) is 89.9 Å². The number of hydrogen-bond acceptors (Lipinski definition) is 10. The molecule has 11 nitrogen and oxygen atoms in total. The van der Waals surface area contributed by atoms with Gasteiger partial charge in [0, 0.05) is 0 Å². The first kappa shape index (κ1) is 69.1. The monoisotopic (exact) mass is 1030 g/mol. The van der Waals surface area contributed by atoms with Gasteiger partial charge in [-0.25, -0.2) is 0 Å². The van der Waals surface area contributed by atoms with Crippen LogP contribution in [0.4, 0.5) is 0 Å². The molecule has 9 atom stereocenters. The molecule has 0 saturated carbocycles. The third kappa shape index (κ3) is 39.1. The zero-order chi connectivity index (χ0) is 53.3. The highest BCUT2D eigenvalue weighted by molar-refractivity contribution is 5.80. The number of carbonyl (C=O) groups is 1. The lowest BCUT2D eigenvalue weighted by molar-refractivity contribution is -0.303. The maximum absolute atomic E-state index is 13.2. The van der Waals surface area contributed by atoms with Crippen molar-refractivity contribution < 1.29 is 50.0 Å². The summed E-state index contributed by atoms with van der Waals surface area (Å²) in [6, 6.07) is -1.20. The number of unbranched alkanes of at least 4 members (excludes halogenated alkanes) is 32. The molecule has 0 aromatic rings. The molecule has 73 heavy (non-hydrogen) atoms. The van der Waals surface area contributed by atoms with Gasteiger partial charge in [0.25, 0.3) is 0 Å². The van der Waals surface area contributed by atoms with Crippen LogP contribution in [-0.2, 0) is 14.3 Å². The second-order valence-electron chi connectivity index (χ2n) is 21.4. The highest BCUT2D eigenvalue weighted by atomic mass is 16.7. The van der Waals surface area contributed by atoms with E-state index in [1.165, 1.54) is 167 Å². The molecule has 1 saturated heterocycles. The summed E-state index contributed by atoms with van der Waals surface area (Å²) in [5, 5.41) is 76.2. The zero-order valence-corrected chi connectivity index (χ0v) is 46.9. The van der Waals surface area contributed by atoms with Crippen LogP contribution in [0.15, 0.2) is 48.6 Å². The molecule has 1 aliphatic heterocycles. The normalized spacial score (nSPS) is 20.3. The van der Waals surface area contributed by atoms with Gasteiger partial charge in [0.1, 0.15) is 36.6 Å². The Morgan fingerprint density at radius 3 is 1.22 bits per heavy atom. The summed E-state index contributed by atoms with van der Waals surface area (Å²) >= 11 is 0. The average molecular weight is 1030 g/mol. The molecular weight excluding hydrogens is 919 g/mol. The standard InChI is InChI=1S/C62H115NO10/c1-3-5-7-9-11-13-15-17-19-21-23-25-27-29-31-33-35-37-39-41-43-45-47-49-54(65)57(67)53(52-72-62-60(70)59(69)58(68)56(51-64)73-62)63-61(71)55(66)50-48-46-44-42-40-38-36-34-32-30-28-26-24-22-20-18-16-14-12-10-8-6-4-2/h25,27,30,32-33,35,41,43,53-60,62,64-70H,3-24,26,28-29,31,34,36-40,42,44-52H2,1-2H3,(H,63,71)/b27-25+,32-30-,35-33+,43-41+. The topological polar surface area (TPSA) is 189 Å². The summed E-state index contributed by atoms with van der Waals surface area (Å²) in [7, 11) is 0. The fraction of sp³-hybridized carbons (Fsp3) is 0.855. The van der Waals surface area contributed by atoms with Crippen molar-refractivity contribution in [3.05, 3.63) is 48.6 Å². The molecule has 9 unspecified atom stereocenters. The van der Waals surface area contributed by atoms with Gasteiger partial charge in [-0.2, -0.15) is 0 Å². The highest BCUT2D eigenvalue weighted by Crippen LogP contribution is 2.23. The Hall–Kier alpha value is -1.93. The van der Waals surface area contributed by atoms with Gasteiger partial charge in [0.05, 0.1) is 25.4 Å². The van der Waals surface area contributed by atoms with E-state index in [1.54, 1.807) is 0 Å². The first-order valence-electron chi connectivity index (χ1n) is 30.5. The van der Waals surface area contributed by atoms with E-state index in [0.29, 0.717) is 19.3 Å². The van der Waals surface area contributed by atoms with Crippen molar-refractivity contribution in [2.45, 2.75) is 326 Å². The summed E-state index contributed by atoms with van der Waals surface area (Å²) in [6.07, 6.45) is 53.1. The van der Waals surface area contributed by atoms with Crippen molar-refractivity contribution in [1.82, 2.24) is 5.32 Å². The summed E-state index contributed by atoms with van der Waals surface area (Å²) in [5.74, 6) is -0.714. The van der Waals surface area contributed by atoms with E-state index in [-0.39, 0.29) is 12.8 Å². The van der Waals surface area contributed by atoms with Crippen LogP contribution in [0.3, 0.4) is 0 Å². The molecule has 428 valence electrons. The number of hydrogen-bond donors (Lipinski definition) is 8. The van der Waals surface area contributed by atoms with E-state index >= 15 is 0 Å². The van der Waals surface area contributed by atoms with Gasteiger partial charge in [-0.15, -0.1) is 0 Å². The molecule has 0 bridgehead atoms. The second-order valence-corrected chi connectivity index (χ2v) is 21.4. The van der Waals surface area contributed by atoms with Crippen molar-refractivity contribution >= 4 is 5.91 Å². The molecule has 1 amide bonds. The first-order valence-corrected chi connectivity index (χ1v) is 30.5. The van der Waals surface area contributed by atoms with Crippen LogP contribution < -0.4 is 5.32 Å². The lowest BCUT2D eigenvalue weighted by Crippen LogP contribution is -2.60. The van der Waals surface area contributed by atoms with Gasteiger partial charge in [-0.3, -0.25) is 4.79 Å². The number of aliphatic hydroxyl groups is 7. The minimum Gasteiger partial charge on any atom is -0.394 e. The predicted molar refractivity (Wildman–Crippen MR) is 302 cm³/mol. The minimum absolute atomic E-state index is 0.239. The predicted octanol–water partition coefficient (Wildman–Crippen LogP) is 13.2. The van der Waals surface area contributed by atoms with E-state index in [0.717, 1.165) is 57.8 Å². The Morgan fingerprint density at radius 1 is 0.466 bits per heavy atom. The quantitative estimate of drug-likeness (QED) is 0.0215. The molecule has 1 fully saturated rings. The average Bonchev–Trinajstić information content (AvgIpc) is 3.39. The van der Waals surface area contributed by atoms with Crippen LogP contribution in [0.5, 0.6) is 0 Å². The molecule has 8 N–H and O–H groups in total. The van der Waals surface area contributed by atoms with Crippen LogP contribution in [0.25, 0.3) is 0 Å². The third-order valence-corrected chi connectivity index (χ3v) is 14.6. The number of allylic oxidation sites excluding steroid dienone is 8. The zero-order valence-electron chi connectivity index (χ0n) is 46.9. The molecule has 0 spiro atoms. The van der Waals surface area contributed by atoms with E-state index in [4.69, 9.17) is 9.47 Å². The van der Waals surface area contributed by atoms with Gasteiger partial charge in [-0.1, -0.05) is 229 Å². The third-order valence-electron chi connectivity index (χ3n) is 14.6. The Kier molecular flexibility index (Phi) is 48.1.